The van der Waals surface area contributed by atoms with Crippen molar-refractivity contribution in [2.45, 2.75) is 24.7 Å². The summed E-state index contributed by atoms with van der Waals surface area (Å²) in [7, 11) is 1.75. The Labute approximate surface area is 161 Å². The van der Waals surface area contributed by atoms with E-state index in [-0.39, 0.29) is 16.9 Å². The van der Waals surface area contributed by atoms with Gasteiger partial charge in [-0.05, 0) is 37.1 Å². The van der Waals surface area contributed by atoms with Crippen LogP contribution in [0.25, 0.3) is 11.5 Å². The number of amides is 1. The van der Waals surface area contributed by atoms with Crippen LogP contribution < -0.4 is 11.1 Å². The first kappa shape index (κ1) is 18.0. The summed E-state index contributed by atoms with van der Waals surface area (Å²) in [5.74, 6) is 0.209. The summed E-state index contributed by atoms with van der Waals surface area (Å²) in [6.45, 7) is 0.531. The van der Waals surface area contributed by atoms with E-state index in [4.69, 9.17) is 5.73 Å². The molecule has 3 aromatic rings. The van der Waals surface area contributed by atoms with Crippen LogP contribution in [0, 0.1) is 5.82 Å². The number of nitrogens with one attached hydrogen (secondary N) is 1. The van der Waals surface area contributed by atoms with Crippen LogP contribution in [0.2, 0.25) is 0 Å². The van der Waals surface area contributed by atoms with Gasteiger partial charge in [-0.2, -0.15) is 0 Å². The molecule has 8 nitrogen and oxygen atoms in total. The Kier molecular flexibility index (Phi) is 4.50. The van der Waals surface area contributed by atoms with Crippen LogP contribution in [-0.2, 0) is 12.5 Å². The van der Waals surface area contributed by atoms with E-state index in [1.807, 2.05) is 0 Å². The van der Waals surface area contributed by atoms with Gasteiger partial charge in [0.15, 0.2) is 5.82 Å². The van der Waals surface area contributed by atoms with Gasteiger partial charge < -0.3 is 15.6 Å². The number of aryl methyl sites for hydroxylation is 1. The van der Waals surface area contributed by atoms with Gasteiger partial charge in [0.2, 0.25) is 0 Å². The van der Waals surface area contributed by atoms with Crippen molar-refractivity contribution in [3.63, 3.8) is 0 Å². The molecule has 0 atom stereocenters. The van der Waals surface area contributed by atoms with E-state index >= 15 is 0 Å². The fourth-order valence-electron chi connectivity index (χ4n) is 3.51. The Bertz CT molecular complexity index is 1010. The van der Waals surface area contributed by atoms with Crippen LogP contribution in [0.15, 0.2) is 36.7 Å². The summed E-state index contributed by atoms with van der Waals surface area (Å²) >= 11 is 0. The summed E-state index contributed by atoms with van der Waals surface area (Å²) < 4.78 is 15.9. The van der Waals surface area contributed by atoms with E-state index in [0.717, 1.165) is 19.3 Å². The first-order valence-corrected chi connectivity index (χ1v) is 9.01. The van der Waals surface area contributed by atoms with E-state index in [9.17, 15) is 9.18 Å². The largest absolute Gasteiger partial charge is 0.368 e. The molecule has 0 radical (unpaired) electrons. The van der Waals surface area contributed by atoms with Gasteiger partial charge in [-0.15, -0.1) is 10.2 Å². The van der Waals surface area contributed by atoms with E-state index in [2.05, 4.69) is 25.5 Å². The third-order valence-electron chi connectivity index (χ3n) is 5.20. The van der Waals surface area contributed by atoms with Gasteiger partial charge in [-0.1, -0.05) is 6.42 Å². The third-order valence-corrected chi connectivity index (χ3v) is 5.20. The van der Waals surface area contributed by atoms with Crippen LogP contribution >= 0.6 is 0 Å². The molecule has 0 aromatic carbocycles. The summed E-state index contributed by atoms with van der Waals surface area (Å²) in [4.78, 5) is 19.7. The van der Waals surface area contributed by atoms with E-state index in [1.165, 1.54) is 6.07 Å². The predicted molar refractivity (Wildman–Crippen MR) is 101 cm³/mol. The number of rotatable bonds is 6. The lowest BCUT2D eigenvalue weighted by atomic mass is 9.66. The van der Waals surface area contributed by atoms with Gasteiger partial charge >= 0.3 is 0 Å². The SMILES string of the molecule is Cn1cc(C(N)=O)nc1-c1ccc(NCC2(c3ncccc3F)CCC2)nn1. The number of hydrogen-bond acceptors (Lipinski definition) is 6. The van der Waals surface area contributed by atoms with Gasteiger partial charge in [0, 0.05) is 31.4 Å². The van der Waals surface area contributed by atoms with Crippen molar-refractivity contribution in [1.29, 1.82) is 0 Å². The van der Waals surface area contributed by atoms with Gasteiger partial charge in [-0.25, -0.2) is 9.37 Å². The van der Waals surface area contributed by atoms with Crippen LogP contribution in [-0.4, -0.2) is 37.2 Å². The molecule has 0 aliphatic heterocycles. The molecule has 0 spiro atoms. The summed E-state index contributed by atoms with van der Waals surface area (Å²) in [6.07, 6.45) is 5.97. The van der Waals surface area contributed by atoms with Crippen molar-refractivity contribution in [3.8, 4) is 11.5 Å². The first-order valence-electron chi connectivity index (χ1n) is 9.01. The number of aromatic nitrogens is 5. The van der Waals surface area contributed by atoms with Gasteiger partial charge in [0.05, 0.1) is 5.69 Å². The number of halogens is 1. The van der Waals surface area contributed by atoms with Gasteiger partial charge in [-0.3, -0.25) is 9.78 Å². The monoisotopic (exact) mass is 381 g/mol. The Hall–Kier alpha value is -3.36. The summed E-state index contributed by atoms with van der Waals surface area (Å²) in [5, 5.41) is 11.6. The molecule has 1 amide bonds. The highest BCUT2D eigenvalue weighted by atomic mass is 19.1. The molecule has 0 saturated heterocycles. The zero-order chi connectivity index (χ0) is 19.7. The van der Waals surface area contributed by atoms with Crippen LogP contribution in [0.5, 0.6) is 0 Å². The maximum atomic E-state index is 14.2. The van der Waals surface area contributed by atoms with Crippen molar-refractivity contribution in [2.75, 3.05) is 11.9 Å². The zero-order valence-corrected chi connectivity index (χ0v) is 15.4. The molecule has 0 unspecified atom stereocenters. The highest BCUT2D eigenvalue weighted by Crippen LogP contribution is 2.43. The number of carbonyl (C=O) groups excluding carboxylic acids is 1. The molecule has 144 valence electrons. The maximum Gasteiger partial charge on any atom is 0.268 e. The molecule has 0 bridgehead atoms. The molecule has 28 heavy (non-hydrogen) atoms. The number of anilines is 1. The number of nitrogens with zero attached hydrogens (tertiary/aromatic N) is 5. The summed E-state index contributed by atoms with van der Waals surface area (Å²) in [6, 6.07) is 6.59. The minimum Gasteiger partial charge on any atom is -0.368 e. The van der Waals surface area contributed by atoms with Gasteiger partial charge in [0.1, 0.15) is 23.0 Å². The molecular weight excluding hydrogens is 361 g/mol. The Morgan fingerprint density at radius 2 is 2.14 bits per heavy atom. The van der Waals surface area contributed by atoms with Crippen molar-refractivity contribution < 1.29 is 9.18 Å². The number of hydrogen-bond donors (Lipinski definition) is 2. The third kappa shape index (κ3) is 3.19. The van der Waals surface area contributed by atoms with Crippen molar-refractivity contribution in [2.24, 2.45) is 12.8 Å². The Morgan fingerprint density at radius 1 is 1.32 bits per heavy atom. The number of carbonyl (C=O) groups is 1. The second-order valence-electron chi connectivity index (χ2n) is 7.05. The second kappa shape index (κ2) is 6.99. The molecule has 1 fully saturated rings. The van der Waals surface area contributed by atoms with E-state index in [0.29, 0.717) is 29.6 Å². The lowest BCUT2D eigenvalue weighted by Gasteiger charge is -2.41. The maximum absolute atomic E-state index is 14.2. The van der Waals surface area contributed by atoms with Crippen LogP contribution in [0.4, 0.5) is 10.2 Å². The van der Waals surface area contributed by atoms with Crippen molar-refractivity contribution in [3.05, 3.63) is 53.9 Å². The Morgan fingerprint density at radius 3 is 2.71 bits per heavy atom. The predicted octanol–water partition coefficient (Wildman–Crippen LogP) is 2.04. The first-order chi connectivity index (χ1) is 13.5. The number of imidazole rings is 1. The molecule has 9 heteroatoms. The molecule has 3 heterocycles. The lowest BCUT2D eigenvalue weighted by molar-refractivity contribution is 0.0996. The molecular formula is C19H20FN7O. The van der Waals surface area contributed by atoms with Crippen LogP contribution in [0.3, 0.4) is 0 Å². The fourth-order valence-corrected chi connectivity index (χ4v) is 3.51. The van der Waals surface area contributed by atoms with Crippen molar-refractivity contribution >= 4 is 11.7 Å². The quantitative estimate of drug-likeness (QED) is 0.676. The molecule has 3 aromatic heterocycles. The topological polar surface area (TPSA) is 112 Å². The number of pyridine rings is 1. The molecule has 1 aliphatic rings. The zero-order valence-electron chi connectivity index (χ0n) is 15.4. The van der Waals surface area contributed by atoms with E-state index < -0.39 is 5.91 Å². The van der Waals surface area contributed by atoms with Crippen LogP contribution in [0.1, 0.15) is 35.4 Å². The minimum absolute atomic E-state index is 0.172. The van der Waals surface area contributed by atoms with Crippen molar-refractivity contribution in [1.82, 2.24) is 24.7 Å². The summed E-state index contributed by atoms with van der Waals surface area (Å²) in [5.41, 5.74) is 6.15. The molecule has 3 N–H and O–H groups in total. The lowest BCUT2D eigenvalue weighted by Crippen LogP contribution is -2.42. The normalized spacial score (nSPS) is 15.1. The highest BCUT2D eigenvalue weighted by molar-refractivity contribution is 5.91. The molecule has 1 saturated carbocycles. The molecule has 4 rings (SSSR count). The standard InChI is InChI=1S/C19H20FN7O/c1-27-10-14(17(21)28)24-18(27)13-5-6-15(26-25-13)23-11-19(7-3-8-19)16-12(20)4-2-9-22-16/h2,4-6,9-10H,3,7-8,11H2,1H3,(H2,21,28)(H,23,26). The minimum atomic E-state index is -0.597. The smallest absolute Gasteiger partial charge is 0.268 e. The van der Waals surface area contributed by atoms with E-state index in [1.54, 1.807) is 42.2 Å². The fraction of sp³-hybridized carbons (Fsp3) is 0.316. The second-order valence-corrected chi connectivity index (χ2v) is 7.05. The average molecular weight is 381 g/mol. The number of primary amides is 1. The Balaban J connectivity index is 1.49. The highest BCUT2D eigenvalue weighted by Gasteiger charge is 2.41. The average Bonchev–Trinajstić information content (AvgIpc) is 3.05. The molecule has 1 aliphatic carbocycles. The number of nitrogens with two attached hydrogens (primary N) is 1. The van der Waals surface area contributed by atoms with Gasteiger partial charge in [0.25, 0.3) is 5.91 Å².